The Morgan fingerprint density at radius 2 is 1.83 bits per heavy atom. The summed E-state index contributed by atoms with van der Waals surface area (Å²) >= 11 is 0. The molecule has 0 bridgehead atoms. The lowest BCUT2D eigenvalue weighted by atomic mass is 10.1. The van der Waals surface area contributed by atoms with E-state index in [1.54, 1.807) is 0 Å². The quantitative estimate of drug-likeness (QED) is 0.827. The molecule has 0 heterocycles. The summed E-state index contributed by atoms with van der Waals surface area (Å²) in [6, 6.07) is 7.36. The number of aryl methyl sites for hydroxylation is 1. The number of hydrogen-bond donors (Lipinski definition) is 1. The molecule has 1 aromatic carbocycles. The van der Waals surface area contributed by atoms with Gasteiger partial charge in [-0.1, -0.05) is 19.9 Å². The van der Waals surface area contributed by atoms with Gasteiger partial charge in [0.2, 0.25) is 0 Å². The van der Waals surface area contributed by atoms with E-state index in [1.807, 2.05) is 7.05 Å². The Labute approximate surface area is 112 Å². The van der Waals surface area contributed by atoms with Gasteiger partial charge in [-0.15, -0.1) is 0 Å². The van der Waals surface area contributed by atoms with Crippen LogP contribution in [0.5, 0.6) is 0 Å². The minimum absolute atomic E-state index is 0.543. The van der Waals surface area contributed by atoms with Crippen molar-refractivity contribution < 1.29 is 0 Å². The van der Waals surface area contributed by atoms with Gasteiger partial charge in [0.1, 0.15) is 0 Å². The molecule has 0 aliphatic rings. The zero-order valence-electron chi connectivity index (χ0n) is 12.7. The van der Waals surface area contributed by atoms with Crippen molar-refractivity contribution in [1.29, 1.82) is 0 Å². The van der Waals surface area contributed by atoms with Crippen molar-refractivity contribution in [1.82, 2.24) is 5.32 Å². The van der Waals surface area contributed by atoms with Crippen LogP contribution in [-0.2, 0) is 6.54 Å². The molecule has 0 radical (unpaired) electrons. The van der Waals surface area contributed by atoms with Crippen molar-refractivity contribution >= 4 is 5.69 Å². The summed E-state index contributed by atoms with van der Waals surface area (Å²) in [4.78, 5) is 2.49. The fourth-order valence-electron chi connectivity index (χ4n) is 2.26. The second-order valence-electron chi connectivity index (χ2n) is 5.78. The highest BCUT2D eigenvalue weighted by molar-refractivity contribution is 5.51. The average molecular weight is 248 g/mol. The van der Waals surface area contributed by atoms with Crippen LogP contribution < -0.4 is 10.2 Å². The molecular formula is C16H28N2. The van der Waals surface area contributed by atoms with Gasteiger partial charge in [0.05, 0.1) is 0 Å². The Kier molecular flexibility index (Phi) is 5.67. The molecule has 0 atom stereocenters. The van der Waals surface area contributed by atoms with Crippen molar-refractivity contribution in [3.63, 3.8) is 0 Å². The third-order valence-corrected chi connectivity index (χ3v) is 3.21. The van der Waals surface area contributed by atoms with Gasteiger partial charge in [0, 0.05) is 24.8 Å². The maximum Gasteiger partial charge on any atom is 0.0371 e. The molecule has 1 N–H and O–H groups in total. The van der Waals surface area contributed by atoms with Crippen molar-refractivity contribution in [2.45, 2.75) is 47.2 Å². The minimum Gasteiger partial charge on any atom is -0.369 e. The first-order valence-corrected chi connectivity index (χ1v) is 6.96. The molecule has 0 saturated carbocycles. The molecular weight excluding hydrogens is 220 g/mol. The van der Waals surface area contributed by atoms with Gasteiger partial charge >= 0.3 is 0 Å². The summed E-state index contributed by atoms with van der Waals surface area (Å²) in [6.07, 6.45) is 0. The van der Waals surface area contributed by atoms with E-state index in [2.05, 4.69) is 63.0 Å². The van der Waals surface area contributed by atoms with Crippen molar-refractivity contribution in [2.75, 3.05) is 18.5 Å². The lowest BCUT2D eigenvalue weighted by molar-refractivity contribution is 0.571. The van der Waals surface area contributed by atoms with Crippen LogP contribution in [0.4, 0.5) is 5.69 Å². The summed E-state index contributed by atoms with van der Waals surface area (Å²) < 4.78 is 0. The maximum absolute atomic E-state index is 3.21. The number of benzene rings is 1. The molecule has 18 heavy (non-hydrogen) atoms. The first-order chi connectivity index (χ1) is 8.45. The van der Waals surface area contributed by atoms with E-state index in [0.29, 0.717) is 12.0 Å². The van der Waals surface area contributed by atoms with Gasteiger partial charge in [-0.3, -0.25) is 0 Å². The first kappa shape index (κ1) is 15.0. The third-order valence-electron chi connectivity index (χ3n) is 3.21. The van der Waals surface area contributed by atoms with E-state index in [-0.39, 0.29) is 0 Å². The average Bonchev–Trinajstić information content (AvgIpc) is 2.28. The third kappa shape index (κ3) is 4.02. The van der Waals surface area contributed by atoms with Crippen LogP contribution in [0.25, 0.3) is 0 Å². The number of anilines is 1. The standard InChI is InChI=1S/C16H28N2/c1-12(2)11-18(13(3)4)16-8-7-15(10-17-6)14(5)9-16/h7-9,12-13,17H,10-11H2,1-6H3. The predicted molar refractivity (Wildman–Crippen MR) is 81.3 cm³/mol. The molecule has 0 saturated heterocycles. The maximum atomic E-state index is 3.21. The molecule has 0 spiro atoms. The van der Waals surface area contributed by atoms with E-state index >= 15 is 0 Å². The summed E-state index contributed by atoms with van der Waals surface area (Å²) in [5.74, 6) is 0.685. The number of hydrogen-bond acceptors (Lipinski definition) is 2. The smallest absolute Gasteiger partial charge is 0.0371 e. The summed E-state index contributed by atoms with van der Waals surface area (Å²) in [6.45, 7) is 13.3. The summed E-state index contributed by atoms with van der Waals surface area (Å²) in [5, 5.41) is 3.21. The number of nitrogens with one attached hydrogen (secondary N) is 1. The van der Waals surface area contributed by atoms with Gasteiger partial charge in [-0.25, -0.2) is 0 Å². The normalized spacial score (nSPS) is 11.3. The molecule has 102 valence electrons. The van der Waals surface area contributed by atoms with E-state index in [9.17, 15) is 0 Å². The second-order valence-corrected chi connectivity index (χ2v) is 5.78. The SMILES string of the molecule is CNCc1ccc(N(CC(C)C)C(C)C)cc1C. The predicted octanol–water partition coefficient (Wildman–Crippen LogP) is 3.59. The van der Waals surface area contributed by atoms with Gasteiger partial charge < -0.3 is 10.2 Å². The molecule has 1 aromatic rings. The van der Waals surface area contributed by atoms with Crippen molar-refractivity contribution in [3.8, 4) is 0 Å². The molecule has 0 amide bonds. The Bertz CT molecular complexity index is 369. The molecule has 2 nitrogen and oxygen atoms in total. The highest BCUT2D eigenvalue weighted by Crippen LogP contribution is 2.22. The topological polar surface area (TPSA) is 15.3 Å². The summed E-state index contributed by atoms with van der Waals surface area (Å²) in [7, 11) is 1.99. The summed E-state index contributed by atoms with van der Waals surface area (Å²) in [5.41, 5.74) is 4.10. The second kappa shape index (κ2) is 6.79. The molecule has 0 unspecified atom stereocenters. The fraction of sp³-hybridized carbons (Fsp3) is 0.625. The van der Waals surface area contributed by atoms with E-state index in [0.717, 1.165) is 13.1 Å². The molecule has 0 aromatic heterocycles. The number of nitrogens with zero attached hydrogens (tertiary/aromatic N) is 1. The van der Waals surface area contributed by atoms with Gasteiger partial charge in [0.15, 0.2) is 0 Å². The first-order valence-electron chi connectivity index (χ1n) is 6.96. The monoisotopic (exact) mass is 248 g/mol. The molecule has 0 aliphatic heterocycles. The highest BCUT2D eigenvalue weighted by atomic mass is 15.2. The van der Waals surface area contributed by atoms with E-state index < -0.39 is 0 Å². The Morgan fingerprint density at radius 1 is 1.17 bits per heavy atom. The fourth-order valence-corrected chi connectivity index (χ4v) is 2.26. The van der Waals surface area contributed by atoms with Gasteiger partial charge in [-0.2, -0.15) is 0 Å². The van der Waals surface area contributed by atoms with Crippen LogP contribution in [-0.4, -0.2) is 19.6 Å². The zero-order chi connectivity index (χ0) is 13.7. The van der Waals surface area contributed by atoms with Gasteiger partial charge in [-0.05, 0) is 57.0 Å². The van der Waals surface area contributed by atoms with Crippen LogP contribution in [0, 0.1) is 12.8 Å². The minimum atomic E-state index is 0.543. The Morgan fingerprint density at radius 3 is 2.28 bits per heavy atom. The van der Waals surface area contributed by atoms with Gasteiger partial charge in [0.25, 0.3) is 0 Å². The van der Waals surface area contributed by atoms with Crippen LogP contribution in [0.15, 0.2) is 18.2 Å². The van der Waals surface area contributed by atoms with Crippen molar-refractivity contribution in [3.05, 3.63) is 29.3 Å². The Hall–Kier alpha value is -1.02. The van der Waals surface area contributed by atoms with E-state index in [1.165, 1.54) is 16.8 Å². The lowest BCUT2D eigenvalue weighted by Gasteiger charge is -2.31. The largest absolute Gasteiger partial charge is 0.369 e. The van der Waals surface area contributed by atoms with Crippen LogP contribution >= 0.6 is 0 Å². The molecule has 2 heteroatoms. The molecule has 1 rings (SSSR count). The van der Waals surface area contributed by atoms with Crippen LogP contribution in [0.1, 0.15) is 38.8 Å². The zero-order valence-corrected chi connectivity index (χ0v) is 12.7. The molecule has 0 fully saturated rings. The van der Waals surface area contributed by atoms with E-state index in [4.69, 9.17) is 0 Å². The lowest BCUT2D eigenvalue weighted by Crippen LogP contribution is -2.34. The molecule has 0 aliphatic carbocycles. The van der Waals surface area contributed by atoms with Crippen LogP contribution in [0.3, 0.4) is 0 Å². The number of rotatable bonds is 6. The Balaban J connectivity index is 2.95. The van der Waals surface area contributed by atoms with Crippen LogP contribution in [0.2, 0.25) is 0 Å². The van der Waals surface area contributed by atoms with Crippen molar-refractivity contribution in [2.24, 2.45) is 5.92 Å². The highest BCUT2D eigenvalue weighted by Gasteiger charge is 2.13.